The molecule has 0 unspecified atom stereocenters. The molecule has 1 aliphatic carbocycles. The number of ether oxygens (including phenoxy) is 2. The molecule has 0 radical (unpaired) electrons. The normalized spacial score (nSPS) is 18.5. The zero-order chi connectivity index (χ0) is 21.1. The van der Waals surface area contributed by atoms with Crippen molar-refractivity contribution in [3.05, 3.63) is 23.3 Å². The summed E-state index contributed by atoms with van der Waals surface area (Å²) in [5.41, 5.74) is 0.205. The van der Waals surface area contributed by atoms with Crippen molar-refractivity contribution in [2.75, 3.05) is 6.61 Å². The molecule has 156 valence electrons. The fourth-order valence-electron chi connectivity index (χ4n) is 3.88. The van der Waals surface area contributed by atoms with Crippen molar-refractivity contribution in [1.82, 2.24) is 0 Å². The molecule has 1 aromatic rings. The monoisotopic (exact) mass is 396 g/mol. The third-order valence-electron chi connectivity index (χ3n) is 5.71. The lowest BCUT2D eigenvalue weighted by atomic mass is 9.80. The van der Waals surface area contributed by atoms with Crippen LogP contribution in [-0.4, -0.2) is 12.6 Å². The highest BCUT2D eigenvalue weighted by atomic mass is 16.5. The molecule has 0 aliphatic heterocycles. The molecule has 2 rings (SSSR count). The van der Waals surface area contributed by atoms with Gasteiger partial charge in [0.25, 0.3) is 0 Å². The maximum atomic E-state index is 12.7. The molecule has 0 amide bonds. The van der Waals surface area contributed by atoms with Crippen LogP contribution in [0.2, 0.25) is 0 Å². The third kappa shape index (κ3) is 6.50. The second-order valence-electron chi connectivity index (χ2n) is 7.87. The van der Waals surface area contributed by atoms with Gasteiger partial charge in [0.1, 0.15) is 34.8 Å². The van der Waals surface area contributed by atoms with Crippen LogP contribution in [0.25, 0.3) is 0 Å². The average Bonchev–Trinajstić information content (AvgIpc) is 2.74. The minimum Gasteiger partial charge on any atom is -0.492 e. The summed E-state index contributed by atoms with van der Waals surface area (Å²) in [7, 11) is 0. The van der Waals surface area contributed by atoms with Crippen molar-refractivity contribution in [1.29, 1.82) is 10.5 Å². The SMILES string of the molecule is CCCCCC1CCC(C(=O)Oc2ccc(OCCCC)c(C#N)c2C#N)CC1. The summed E-state index contributed by atoms with van der Waals surface area (Å²) in [5.74, 6) is 0.809. The van der Waals surface area contributed by atoms with Gasteiger partial charge in [-0.3, -0.25) is 4.79 Å². The number of benzene rings is 1. The molecule has 0 aromatic heterocycles. The topological polar surface area (TPSA) is 83.1 Å². The van der Waals surface area contributed by atoms with E-state index in [4.69, 9.17) is 9.47 Å². The Bertz CT molecular complexity index is 753. The van der Waals surface area contributed by atoms with Gasteiger partial charge in [0.05, 0.1) is 12.5 Å². The molecule has 29 heavy (non-hydrogen) atoms. The van der Waals surface area contributed by atoms with E-state index in [0.29, 0.717) is 18.3 Å². The lowest BCUT2D eigenvalue weighted by Crippen LogP contribution is -2.26. The van der Waals surface area contributed by atoms with E-state index in [9.17, 15) is 15.3 Å². The summed E-state index contributed by atoms with van der Waals surface area (Å²) in [5, 5.41) is 19.0. The molecule has 0 atom stereocenters. The molecule has 5 nitrogen and oxygen atoms in total. The first-order chi connectivity index (χ1) is 14.1. The molecule has 1 aromatic carbocycles. The van der Waals surface area contributed by atoms with E-state index in [1.54, 1.807) is 12.1 Å². The molecule has 1 aliphatic rings. The van der Waals surface area contributed by atoms with Gasteiger partial charge in [-0.2, -0.15) is 10.5 Å². The van der Waals surface area contributed by atoms with Crippen LogP contribution in [0.4, 0.5) is 0 Å². The molecule has 0 saturated heterocycles. The van der Waals surface area contributed by atoms with E-state index in [0.717, 1.165) is 38.5 Å². The quantitative estimate of drug-likeness (QED) is 0.279. The summed E-state index contributed by atoms with van der Waals surface area (Å²) < 4.78 is 11.2. The Hall–Kier alpha value is -2.53. The fraction of sp³-hybridized carbons (Fsp3) is 0.625. The summed E-state index contributed by atoms with van der Waals surface area (Å²) in [6, 6.07) is 7.21. The molecule has 0 spiro atoms. The standard InChI is InChI=1S/C24H32N2O3/c1-3-5-7-8-18-9-11-19(12-10-18)24(27)29-23-14-13-22(28-15-6-4-2)20(16-25)21(23)17-26/h13-14,18-19H,3-12,15H2,1-2H3. The number of rotatable bonds is 10. The van der Waals surface area contributed by atoms with Gasteiger partial charge in [-0.1, -0.05) is 46.0 Å². The van der Waals surface area contributed by atoms with Crippen molar-refractivity contribution >= 4 is 5.97 Å². The first kappa shape index (κ1) is 22.8. The number of hydrogen-bond acceptors (Lipinski definition) is 5. The van der Waals surface area contributed by atoms with Gasteiger partial charge < -0.3 is 9.47 Å². The highest BCUT2D eigenvalue weighted by molar-refractivity contribution is 5.77. The molecule has 0 bridgehead atoms. The predicted octanol–water partition coefficient (Wildman–Crippen LogP) is 5.90. The summed E-state index contributed by atoms with van der Waals surface area (Å²) in [4.78, 5) is 12.7. The lowest BCUT2D eigenvalue weighted by Gasteiger charge is -2.27. The van der Waals surface area contributed by atoms with Gasteiger partial charge in [-0.25, -0.2) is 0 Å². The first-order valence-corrected chi connectivity index (χ1v) is 11.0. The van der Waals surface area contributed by atoms with Crippen LogP contribution < -0.4 is 9.47 Å². The Morgan fingerprint density at radius 3 is 2.21 bits per heavy atom. The van der Waals surface area contributed by atoms with Gasteiger partial charge >= 0.3 is 5.97 Å². The van der Waals surface area contributed by atoms with Gasteiger partial charge in [-0.15, -0.1) is 0 Å². The zero-order valence-corrected chi connectivity index (χ0v) is 17.7. The third-order valence-corrected chi connectivity index (χ3v) is 5.71. The molecule has 1 saturated carbocycles. The molecule has 0 heterocycles. The van der Waals surface area contributed by atoms with Crippen LogP contribution in [0.5, 0.6) is 11.5 Å². The maximum absolute atomic E-state index is 12.7. The van der Waals surface area contributed by atoms with E-state index in [1.165, 1.54) is 25.7 Å². The van der Waals surface area contributed by atoms with Crippen LogP contribution in [0, 0.1) is 34.5 Å². The fourth-order valence-corrected chi connectivity index (χ4v) is 3.88. The van der Waals surface area contributed by atoms with Crippen molar-refractivity contribution in [2.45, 2.75) is 78.1 Å². The molecule has 1 fully saturated rings. The Balaban J connectivity index is 2.00. The van der Waals surface area contributed by atoms with E-state index in [1.807, 2.05) is 12.1 Å². The molecular formula is C24H32N2O3. The van der Waals surface area contributed by atoms with Gasteiger partial charge in [-0.05, 0) is 50.2 Å². The number of carbonyl (C=O) groups excluding carboxylic acids is 1. The number of hydrogen-bond donors (Lipinski definition) is 0. The van der Waals surface area contributed by atoms with Crippen LogP contribution in [-0.2, 0) is 4.79 Å². The summed E-state index contributed by atoms with van der Waals surface area (Å²) in [6.45, 7) is 4.75. The minimum atomic E-state index is -0.294. The van der Waals surface area contributed by atoms with Crippen molar-refractivity contribution < 1.29 is 14.3 Å². The maximum Gasteiger partial charge on any atom is 0.314 e. The van der Waals surface area contributed by atoms with E-state index >= 15 is 0 Å². The van der Waals surface area contributed by atoms with Gasteiger partial charge in [0.15, 0.2) is 0 Å². The highest BCUT2D eigenvalue weighted by Crippen LogP contribution is 2.35. The van der Waals surface area contributed by atoms with E-state index in [-0.39, 0.29) is 28.8 Å². The second-order valence-corrected chi connectivity index (χ2v) is 7.87. The van der Waals surface area contributed by atoms with Gasteiger partial charge in [0, 0.05) is 0 Å². The number of nitriles is 2. The van der Waals surface area contributed by atoms with Crippen LogP contribution in [0.15, 0.2) is 12.1 Å². The lowest BCUT2D eigenvalue weighted by molar-refractivity contribution is -0.140. The van der Waals surface area contributed by atoms with E-state index in [2.05, 4.69) is 13.8 Å². The number of carbonyl (C=O) groups is 1. The number of unbranched alkanes of at least 4 members (excludes halogenated alkanes) is 3. The largest absolute Gasteiger partial charge is 0.492 e. The number of esters is 1. The van der Waals surface area contributed by atoms with Crippen LogP contribution in [0.3, 0.4) is 0 Å². The first-order valence-electron chi connectivity index (χ1n) is 11.0. The summed E-state index contributed by atoms with van der Waals surface area (Å²) in [6.07, 6.45) is 10.7. The van der Waals surface area contributed by atoms with Gasteiger partial charge in [0.2, 0.25) is 0 Å². The average molecular weight is 397 g/mol. The Kier molecular flexibility index (Phi) is 9.51. The van der Waals surface area contributed by atoms with Crippen molar-refractivity contribution in [2.24, 2.45) is 11.8 Å². The van der Waals surface area contributed by atoms with Crippen molar-refractivity contribution in [3.8, 4) is 23.6 Å². The minimum absolute atomic E-state index is 0.0723. The molecule has 5 heteroatoms. The number of nitrogens with zero attached hydrogens (tertiary/aromatic N) is 2. The zero-order valence-electron chi connectivity index (χ0n) is 17.7. The van der Waals surface area contributed by atoms with E-state index < -0.39 is 0 Å². The Morgan fingerprint density at radius 1 is 0.966 bits per heavy atom. The summed E-state index contributed by atoms with van der Waals surface area (Å²) >= 11 is 0. The van der Waals surface area contributed by atoms with Crippen molar-refractivity contribution in [3.63, 3.8) is 0 Å². The second kappa shape index (κ2) is 12.1. The Morgan fingerprint density at radius 2 is 1.59 bits per heavy atom. The smallest absolute Gasteiger partial charge is 0.314 e. The highest BCUT2D eigenvalue weighted by Gasteiger charge is 2.28. The predicted molar refractivity (Wildman–Crippen MR) is 112 cm³/mol. The molecule has 0 N–H and O–H groups in total. The van der Waals surface area contributed by atoms with Crippen LogP contribution >= 0.6 is 0 Å². The Labute approximate surface area is 174 Å². The van der Waals surface area contributed by atoms with Crippen LogP contribution in [0.1, 0.15) is 89.2 Å². The molecular weight excluding hydrogens is 364 g/mol.